The predicted octanol–water partition coefficient (Wildman–Crippen LogP) is 4.37. The van der Waals surface area contributed by atoms with E-state index in [0.29, 0.717) is 30.0 Å². The van der Waals surface area contributed by atoms with Crippen molar-refractivity contribution in [3.63, 3.8) is 0 Å². The third-order valence-corrected chi connectivity index (χ3v) is 6.70. The summed E-state index contributed by atoms with van der Waals surface area (Å²) in [6.45, 7) is 0. The minimum absolute atomic E-state index is 0.204. The highest BCUT2D eigenvalue weighted by atomic mass is 79.9. The maximum absolute atomic E-state index is 13.9. The van der Waals surface area contributed by atoms with Crippen molar-refractivity contribution in [1.82, 2.24) is 14.6 Å². The first kappa shape index (κ1) is 26.7. The smallest absolute Gasteiger partial charge is 0.475 e. The molecule has 0 bridgehead atoms. The molecule has 0 aromatic carbocycles. The average molecular weight is 585 g/mol. The van der Waals surface area contributed by atoms with Gasteiger partial charge in [0.05, 0.1) is 22.4 Å². The number of anilines is 2. The number of nitrogens with zero attached hydrogens (tertiary/aromatic N) is 3. The van der Waals surface area contributed by atoms with E-state index in [1.165, 1.54) is 22.0 Å². The van der Waals surface area contributed by atoms with Gasteiger partial charge < -0.3 is 21.5 Å². The van der Waals surface area contributed by atoms with E-state index in [2.05, 4.69) is 36.6 Å². The van der Waals surface area contributed by atoms with Crippen LogP contribution in [0.2, 0.25) is 0 Å². The summed E-state index contributed by atoms with van der Waals surface area (Å²) in [5.41, 5.74) is 6.99. The van der Waals surface area contributed by atoms with Gasteiger partial charge in [-0.3, -0.25) is 4.79 Å². The van der Waals surface area contributed by atoms with Crippen molar-refractivity contribution in [2.45, 2.75) is 43.4 Å². The Balaban J connectivity index is 0.000000429. The number of carbonyl (C=O) groups excluding carboxylic acids is 1. The number of nitrogens with one attached hydrogen (secondary N) is 2. The van der Waals surface area contributed by atoms with Crippen LogP contribution in [0.4, 0.5) is 33.5 Å². The van der Waals surface area contributed by atoms with Crippen LogP contribution in [-0.2, 0) is 4.79 Å². The molecule has 3 aromatic heterocycles. The highest BCUT2D eigenvalue weighted by Gasteiger charge is 2.44. The largest absolute Gasteiger partial charge is 0.490 e. The molecule has 0 aliphatic heterocycles. The molecule has 1 amide bonds. The van der Waals surface area contributed by atoms with Crippen LogP contribution >= 0.6 is 27.3 Å². The van der Waals surface area contributed by atoms with Gasteiger partial charge in [-0.2, -0.15) is 18.3 Å². The quantitative estimate of drug-likeness (QED) is 0.334. The number of nitrogens with two attached hydrogens (primary N) is 1. The van der Waals surface area contributed by atoms with Gasteiger partial charge in [0, 0.05) is 29.4 Å². The van der Waals surface area contributed by atoms with Gasteiger partial charge in [0.1, 0.15) is 11.4 Å². The van der Waals surface area contributed by atoms with Gasteiger partial charge in [-0.25, -0.2) is 23.1 Å². The number of aliphatic carboxylic acids is 1. The Labute approximate surface area is 206 Å². The lowest BCUT2D eigenvalue weighted by molar-refractivity contribution is -0.192. The molecule has 35 heavy (non-hydrogen) atoms. The summed E-state index contributed by atoms with van der Waals surface area (Å²) in [5.74, 6) is -5.65. The van der Waals surface area contributed by atoms with Crippen LogP contribution in [0.15, 0.2) is 33.7 Å². The first-order valence-electron chi connectivity index (χ1n) is 9.87. The molecule has 1 aliphatic rings. The van der Waals surface area contributed by atoms with Crippen LogP contribution in [0.5, 0.6) is 0 Å². The number of halogens is 6. The van der Waals surface area contributed by atoms with Crippen molar-refractivity contribution < 1.29 is 36.6 Å². The molecule has 0 saturated heterocycles. The number of fused-ring (bicyclic) bond motifs is 1. The standard InChI is InChI=1S/C17H17BrF2N6OS.C2HF3O2/c18-10-7-28-8-12(10)24-16(27)9-6-22-26-5-3-13(25-15(9)26)23-11-2-1-4-17(19,20)14(11)21;3-2(4,5)1(6)7/h3,5-8,11,14H,1-2,4,21H2,(H,23,25)(H,24,27);(H,6,7)/t11-,14-;/m1./s1. The second-order valence-electron chi connectivity index (χ2n) is 7.46. The molecule has 5 N–H and O–H groups in total. The molecule has 1 fully saturated rings. The Morgan fingerprint density at radius 1 is 1.31 bits per heavy atom. The van der Waals surface area contributed by atoms with Crippen molar-refractivity contribution >= 4 is 56.3 Å². The third-order valence-electron chi connectivity index (χ3n) is 5.00. The van der Waals surface area contributed by atoms with E-state index >= 15 is 0 Å². The number of rotatable bonds is 4. The maximum Gasteiger partial charge on any atom is 0.490 e. The van der Waals surface area contributed by atoms with E-state index in [4.69, 9.17) is 15.6 Å². The number of hydrogen-bond acceptors (Lipinski definition) is 7. The first-order valence-corrected chi connectivity index (χ1v) is 11.6. The zero-order chi connectivity index (χ0) is 26.0. The topological polar surface area (TPSA) is 135 Å². The van der Waals surface area contributed by atoms with E-state index in [1.54, 1.807) is 17.6 Å². The zero-order valence-corrected chi connectivity index (χ0v) is 19.9. The molecule has 4 rings (SSSR count). The predicted molar refractivity (Wildman–Crippen MR) is 121 cm³/mol. The second-order valence-corrected chi connectivity index (χ2v) is 9.06. The van der Waals surface area contributed by atoms with Crippen molar-refractivity contribution in [1.29, 1.82) is 0 Å². The number of hydrogen-bond donors (Lipinski definition) is 4. The molecule has 190 valence electrons. The van der Waals surface area contributed by atoms with Gasteiger partial charge in [0.15, 0.2) is 5.65 Å². The Bertz CT molecular complexity index is 1220. The fraction of sp³-hybridized carbons (Fsp3) is 0.368. The van der Waals surface area contributed by atoms with Crippen molar-refractivity contribution in [3.05, 3.63) is 39.3 Å². The van der Waals surface area contributed by atoms with Crippen LogP contribution in [0.25, 0.3) is 5.65 Å². The van der Waals surface area contributed by atoms with Crippen LogP contribution in [0.3, 0.4) is 0 Å². The highest BCUT2D eigenvalue weighted by Crippen LogP contribution is 2.33. The normalized spacial score (nSPS) is 19.5. The fourth-order valence-electron chi connectivity index (χ4n) is 3.22. The van der Waals surface area contributed by atoms with Gasteiger partial charge in [0.2, 0.25) is 0 Å². The summed E-state index contributed by atoms with van der Waals surface area (Å²) in [7, 11) is 0. The number of carboxylic acid groups (broad SMARTS) is 1. The highest BCUT2D eigenvalue weighted by molar-refractivity contribution is 9.10. The Hall–Kier alpha value is -2.85. The van der Waals surface area contributed by atoms with Gasteiger partial charge in [-0.15, -0.1) is 11.3 Å². The first-order chi connectivity index (χ1) is 16.3. The lowest BCUT2D eigenvalue weighted by Gasteiger charge is -2.36. The second kappa shape index (κ2) is 10.4. The van der Waals surface area contributed by atoms with E-state index in [-0.39, 0.29) is 17.9 Å². The SMILES string of the molecule is N[C@@H]1[C@H](Nc2ccn3ncc(C(=O)Nc4cscc4Br)c3n2)CCCC1(F)F.O=C(O)C(F)(F)F. The van der Waals surface area contributed by atoms with Gasteiger partial charge in [0.25, 0.3) is 11.8 Å². The summed E-state index contributed by atoms with van der Waals surface area (Å²) in [6.07, 6.45) is -1.33. The molecule has 3 heterocycles. The fourth-order valence-corrected chi connectivity index (χ4v) is 4.55. The lowest BCUT2D eigenvalue weighted by Crippen LogP contribution is -2.55. The van der Waals surface area contributed by atoms with E-state index in [1.807, 2.05) is 5.38 Å². The number of aromatic nitrogens is 3. The summed E-state index contributed by atoms with van der Waals surface area (Å²) in [4.78, 5) is 25.9. The van der Waals surface area contributed by atoms with Crippen molar-refractivity contribution in [2.24, 2.45) is 5.73 Å². The van der Waals surface area contributed by atoms with Crippen LogP contribution in [-0.4, -0.2) is 55.8 Å². The Kier molecular flexibility index (Phi) is 7.96. The number of amides is 1. The Morgan fingerprint density at radius 3 is 2.60 bits per heavy atom. The molecule has 3 aromatic rings. The molecule has 0 radical (unpaired) electrons. The van der Waals surface area contributed by atoms with E-state index in [9.17, 15) is 26.7 Å². The third kappa shape index (κ3) is 6.43. The molecule has 16 heteroatoms. The monoisotopic (exact) mass is 584 g/mol. The van der Waals surface area contributed by atoms with Gasteiger partial charge >= 0.3 is 12.1 Å². The van der Waals surface area contributed by atoms with Gasteiger partial charge in [-0.1, -0.05) is 0 Å². The number of carbonyl (C=O) groups is 2. The van der Waals surface area contributed by atoms with Crippen LogP contribution in [0, 0.1) is 0 Å². The number of alkyl halides is 5. The molecule has 1 saturated carbocycles. The number of thiophene rings is 1. The maximum atomic E-state index is 13.9. The Morgan fingerprint density at radius 2 is 2.00 bits per heavy atom. The molecule has 0 unspecified atom stereocenters. The average Bonchev–Trinajstić information content (AvgIpc) is 3.37. The molecule has 2 atom stereocenters. The zero-order valence-electron chi connectivity index (χ0n) is 17.5. The van der Waals surface area contributed by atoms with Gasteiger partial charge in [-0.05, 0) is 34.8 Å². The molecular weight excluding hydrogens is 567 g/mol. The van der Waals surface area contributed by atoms with Crippen molar-refractivity contribution in [3.8, 4) is 0 Å². The van der Waals surface area contributed by atoms with E-state index in [0.717, 1.165) is 4.47 Å². The van der Waals surface area contributed by atoms with Crippen molar-refractivity contribution in [2.75, 3.05) is 10.6 Å². The van der Waals surface area contributed by atoms with Crippen LogP contribution < -0.4 is 16.4 Å². The summed E-state index contributed by atoms with van der Waals surface area (Å²) >= 11 is 4.82. The summed E-state index contributed by atoms with van der Waals surface area (Å²) in [6, 6.07) is -0.264. The molecular formula is C19H18BrF5N6O3S. The number of carboxylic acids is 1. The molecule has 0 spiro atoms. The molecule has 1 aliphatic carbocycles. The molecule has 9 nitrogen and oxygen atoms in total. The van der Waals surface area contributed by atoms with E-state index < -0.39 is 30.2 Å². The lowest BCUT2D eigenvalue weighted by atomic mass is 9.87. The summed E-state index contributed by atoms with van der Waals surface area (Å²) < 4.78 is 61.7. The minimum atomic E-state index is -5.08. The van der Waals surface area contributed by atoms with Crippen LogP contribution in [0.1, 0.15) is 29.6 Å². The minimum Gasteiger partial charge on any atom is -0.475 e. The summed E-state index contributed by atoms with van der Waals surface area (Å²) in [5, 5.41) is 20.7.